The highest BCUT2D eigenvalue weighted by Gasteiger charge is 2.08. The minimum Gasteiger partial charge on any atom is -0.391 e. The first-order valence-corrected chi connectivity index (χ1v) is 4.96. The lowest BCUT2D eigenvalue weighted by Crippen LogP contribution is -2.32. The van der Waals surface area contributed by atoms with Crippen LogP contribution < -0.4 is 5.32 Å². The highest BCUT2D eigenvalue weighted by molar-refractivity contribution is 5.91. The third-order valence-corrected chi connectivity index (χ3v) is 1.92. The van der Waals surface area contributed by atoms with Gasteiger partial charge in [0.15, 0.2) is 0 Å². The summed E-state index contributed by atoms with van der Waals surface area (Å²) in [4.78, 5) is 19.1. The lowest BCUT2D eigenvalue weighted by atomic mass is 10.2. The number of carbonyl (C=O) groups is 1. The van der Waals surface area contributed by atoms with E-state index in [1.807, 2.05) is 6.92 Å². The Kier molecular flexibility index (Phi) is 4.70. The third kappa shape index (κ3) is 4.03. The topological polar surface area (TPSA) is 75.1 Å². The minimum atomic E-state index is -0.490. The van der Waals surface area contributed by atoms with Gasteiger partial charge in [0.1, 0.15) is 5.69 Å². The van der Waals surface area contributed by atoms with Crippen molar-refractivity contribution in [3.63, 3.8) is 0 Å². The summed E-state index contributed by atoms with van der Waals surface area (Å²) in [6.07, 6.45) is 5.43. The van der Waals surface area contributed by atoms with Crippen molar-refractivity contribution in [3.8, 4) is 0 Å². The van der Waals surface area contributed by atoms with E-state index in [4.69, 9.17) is 0 Å². The van der Waals surface area contributed by atoms with Crippen LogP contribution in [0.15, 0.2) is 18.6 Å². The maximum absolute atomic E-state index is 11.4. The predicted octanol–water partition coefficient (Wildman–Crippen LogP) is 0.367. The summed E-state index contributed by atoms with van der Waals surface area (Å²) in [5, 5.41) is 12.0. The number of nitrogens with one attached hydrogen (secondary N) is 1. The Labute approximate surface area is 88.6 Å². The molecule has 1 heterocycles. The summed E-state index contributed by atoms with van der Waals surface area (Å²) >= 11 is 0. The molecule has 1 aromatic heterocycles. The molecule has 82 valence electrons. The molecule has 0 aliphatic rings. The van der Waals surface area contributed by atoms with E-state index in [-0.39, 0.29) is 18.1 Å². The summed E-state index contributed by atoms with van der Waals surface area (Å²) in [6.45, 7) is 2.23. The third-order valence-electron chi connectivity index (χ3n) is 1.92. The largest absolute Gasteiger partial charge is 0.391 e. The first-order chi connectivity index (χ1) is 7.24. The number of hydrogen-bond donors (Lipinski definition) is 2. The van der Waals surface area contributed by atoms with E-state index >= 15 is 0 Å². The normalized spacial score (nSPS) is 12.1. The standard InChI is InChI=1S/C10H15N3O2/c1-2-3-8(14)6-13-10(15)9-7-11-4-5-12-9/h4-5,7-8,14H,2-3,6H2,1H3,(H,13,15). The number of nitrogens with zero attached hydrogens (tertiary/aromatic N) is 2. The summed E-state index contributed by atoms with van der Waals surface area (Å²) in [7, 11) is 0. The number of aromatic nitrogens is 2. The Hall–Kier alpha value is -1.49. The van der Waals surface area contributed by atoms with Crippen LogP contribution in [0, 0.1) is 0 Å². The number of carbonyl (C=O) groups excluding carboxylic acids is 1. The molecule has 1 rings (SSSR count). The van der Waals surface area contributed by atoms with Gasteiger partial charge in [-0.15, -0.1) is 0 Å². The van der Waals surface area contributed by atoms with E-state index in [1.165, 1.54) is 18.6 Å². The fraction of sp³-hybridized carbons (Fsp3) is 0.500. The van der Waals surface area contributed by atoms with Crippen LogP contribution in [0.1, 0.15) is 30.3 Å². The molecule has 15 heavy (non-hydrogen) atoms. The highest BCUT2D eigenvalue weighted by atomic mass is 16.3. The van der Waals surface area contributed by atoms with Gasteiger partial charge in [-0.05, 0) is 6.42 Å². The lowest BCUT2D eigenvalue weighted by molar-refractivity contribution is 0.0905. The maximum Gasteiger partial charge on any atom is 0.271 e. The molecule has 0 aromatic carbocycles. The van der Waals surface area contributed by atoms with E-state index in [0.717, 1.165) is 6.42 Å². The Balaban J connectivity index is 2.37. The second-order valence-electron chi connectivity index (χ2n) is 3.24. The van der Waals surface area contributed by atoms with Crippen LogP contribution in [-0.4, -0.2) is 33.6 Å². The van der Waals surface area contributed by atoms with Crippen LogP contribution in [0.4, 0.5) is 0 Å². The van der Waals surface area contributed by atoms with Crippen molar-refractivity contribution in [2.45, 2.75) is 25.9 Å². The van der Waals surface area contributed by atoms with Gasteiger partial charge in [0, 0.05) is 18.9 Å². The van der Waals surface area contributed by atoms with Gasteiger partial charge in [-0.1, -0.05) is 13.3 Å². The lowest BCUT2D eigenvalue weighted by Gasteiger charge is -2.09. The van der Waals surface area contributed by atoms with Gasteiger partial charge >= 0.3 is 0 Å². The van der Waals surface area contributed by atoms with Crippen molar-refractivity contribution in [2.75, 3.05) is 6.54 Å². The zero-order valence-corrected chi connectivity index (χ0v) is 8.68. The molecule has 5 nitrogen and oxygen atoms in total. The van der Waals surface area contributed by atoms with E-state index < -0.39 is 6.10 Å². The van der Waals surface area contributed by atoms with Crippen LogP contribution in [-0.2, 0) is 0 Å². The van der Waals surface area contributed by atoms with Crippen molar-refractivity contribution in [1.29, 1.82) is 0 Å². The van der Waals surface area contributed by atoms with Gasteiger partial charge < -0.3 is 10.4 Å². The second-order valence-corrected chi connectivity index (χ2v) is 3.24. The van der Waals surface area contributed by atoms with Gasteiger partial charge in [-0.3, -0.25) is 9.78 Å². The van der Waals surface area contributed by atoms with Crippen molar-refractivity contribution in [2.24, 2.45) is 0 Å². The summed E-state index contributed by atoms with van der Waals surface area (Å²) in [5.41, 5.74) is 0.265. The molecule has 0 spiro atoms. The molecule has 0 radical (unpaired) electrons. The second kappa shape index (κ2) is 6.08. The number of aliphatic hydroxyl groups is 1. The molecule has 2 N–H and O–H groups in total. The highest BCUT2D eigenvalue weighted by Crippen LogP contribution is 1.95. The van der Waals surface area contributed by atoms with E-state index in [2.05, 4.69) is 15.3 Å². The first-order valence-electron chi connectivity index (χ1n) is 4.96. The molecule has 1 unspecified atom stereocenters. The van der Waals surface area contributed by atoms with Crippen LogP contribution in [0.5, 0.6) is 0 Å². The fourth-order valence-corrected chi connectivity index (χ4v) is 1.15. The molecule has 0 saturated heterocycles. The Morgan fingerprint density at radius 3 is 3.00 bits per heavy atom. The van der Waals surface area contributed by atoms with Gasteiger partial charge in [-0.2, -0.15) is 0 Å². The average Bonchev–Trinajstić information content (AvgIpc) is 2.27. The average molecular weight is 209 g/mol. The van der Waals surface area contributed by atoms with Gasteiger partial charge in [0.2, 0.25) is 0 Å². The quantitative estimate of drug-likeness (QED) is 0.734. The summed E-state index contributed by atoms with van der Waals surface area (Å²) in [5.74, 6) is -0.307. The number of rotatable bonds is 5. The summed E-state index contributed by atoms with van der Waals surface area (Å²) < 4.78 is 0. The molecule has 0 fully saturated rings. The van der Waals surface area contributed by atoms with Gasteiger partial charge in [0.05, 0.1) is 12.3 Å². The van der Waals surface area contributed by atoms with E-state index in [0.29, 0.717) is 6.42 Å². The molecule has 0 aliphatic heterocycles. The number of aliphatic hydroxyl groups excluding tert-OH is 1. The molecule has 0 bridgehead atoms. The molecular weight excluding hydrogens is 194 g/mol. The van der Waals surface area contributed by atoms with E-state index in [1.54, 1.807) is 0 Å². The minimum absolute atomic E-state index is 0.253. The van der Waals surface area contributed by atoms with E-state index in [9.17, 15) is 9.90 Å². The zero-order chi connectivity index (χ0) is 11.1. The molecule has 5 heteroatoms. The van der Waals surface area contributed by atoms with Crippen LogP contribution >= 0.6 is 0 Å². The van der Waals surface area contributed by atoms with Crippen molar-refractivity contribution >= 4 is 5.91 Å². The SMILES string of the molecule is CCCC(O)CNC(=O)c1cnccn1. The Morgan fingerprint density at radius 1 is 1.60 bits per heavy atom. The molecule has 0 aliphatic carbocycles. The van der Waals surface area contributed by atoms with Crippen molar-refractivity contribution < 1.29 is 9.90 Å². The maximum atomic E-state index is 11.4. The van der Waals surface area contributed by atoms with Crippen molar-refractivity contribution in [1.82, 2.24) is 15.3 Å². The van der Waals surface area contributed by atoms with Crippen LogP contribution in [0.2, 0.25) is 0 Å². The molecule has 0 saturated carbocycles. The van der Waals surface area contributed by atoms with Crippen molar-refractivity contribution in [3.05, 3.63) is 24.3 Å². The molecular formula is C10H15N3O2. The zero-order valence-electron chi connectivity index (χ0n) is 8.68. The number of hydrogen-bond acceptors (Lipinski definition) is 4. The van der Waals surface area contributed by atoms with Crippen LogP contribution in [0.3, 0.4) is 0 Å². The monoisotopic (exact) mass is 209 g/mol. The summed E-state index contributed by atoms with van der Waals surface area (Å²) in [6, 6.07) is 0. The predicted molar refractivity (Wildman–Crippen MR) is 55.3 cm³/mol. The Bertz CT molecular complexity index is 303. The van der Waals surface area contributed by atoms with Gasteiger partial charge in [0.25, 0.3) is 5.91 Å². The van der Waals surface area contributed by atoms with Crippen LogP contribution in [0.25, 0.3) is 0 Å². The molecule has 1 aromatic rings. The Morgan fingerprint density at radius 2 is 2.40 bits per heavy atom. The molecule has 1 amide bonds. The smallest absolute Gasteiger partial charge is 0.271 e. The number of amides is 1. The first kappa shape index (κ1) is 11.6. The fourth-order valence-electron chi connectivity index (χ4n) is 1.15. The molecule has 1 atom stereocenters. The van der Waals surface area contributed by atoms with Gasteiger partial charge in [-0.25, -0.2) is 4.98 Å².